The number of ether oxygens (including phenoxy) is 1. The first-order valence-corrected chi connectivity index (χ1v) is 7.71. The zero-order valence-corrected chi connectivity index (χ0v) is 14.0. The molecule has 2 amide bonds. The van der Waals surface area contributed by atoms with Crippen LogP contribution >= 0.6 is 0 Å². The van der Waals surface area contributed by atoms with Crippen LogP contribution < -0.4 is 15.4 Å². The maximum atomic E-state index is 12.0. The normalized spacial score (nSPS) is 11.9. The van der Waals surface area contributed by atoms with Crippen LogP contribution in [0.3, 0.4) is 0 Å². The molecule has 0 saturated heterocycles. The van der Waals surface area contributed by atoms with E-state index < -0.39 is 6.23 Å². The Hall–Kier alpha value is -2.56. The maximum absolute atomic E-state index is 12.0. The molecule has 1 aromatic heterocycles. The summed E-state index contributed by atoms with van der Waals surface area (Å²) in [4.78, 5) is 16.1. The Morgan fingerprint density at radius 1 is 1.13 bits per heavy atom. The smallest absolute Gasteiger partial charge is 0.323 e. The fourth-order valence-electron chi connectivity index (χ4n) is 2.11. The average Bonchev–Trinajstić information content (AvgIpc) is 2.50. The summed E-state index contributed by atoms with van der Waals surface area (Å²) < 4.78 is 5.70. The molecule has 1 atom stereocenters. The van der Waals surface area contributed by atoms with Crippen molar-refractivity contribution in [2.75, 3.05) is 5.32 Å². The first kappa shape index (κ1) is 16.8. The largest absolute Gasteiger partial charge is 0.471 e. The van der Waals surface area contributed by atoms with Gasteiger partial charge >= 0.3 is 6.03 Å². The van der Waals surface area contributed by atoms with Crippen LogP contribution in [0.2, 0.25) is 0 Å². The van der Waals surface area contributed by atoms with Crippen molar-refractivity contribution in [3.8, 4) is 5.75 Å². The molecule has 0 saturated carbocycles. The number of carbonyl (C=O) groups is 1. The molecule has 0 aliphatic heterocycles. The lowest BCUT2D eigenvalue weighted by atomic mass is 10.0. The Morgan fingerprint density at radius 3 is 2.43 bits per heavy atom. The highest BCUT2D eigenvalue weighted by Gasteiger charge is 2.10. The predicted molar refractivity (Wildman–Crippen MR) is 91.7 cm³/mol. The van der Waals surface area contributed by atoms with Gasteiger partial charge in [0.15, 0.2) is 6.23 Å². The number of aromatic nitrogens is 1. The van der Waals surface area contributed by atoms with Crippen molar-refractivity contribution in [1.29, 1.82) is 0 Å². The summed E-state index contributed by atoms with van der Waals surface area (Å²) in [5.41, 5.74) is 2.15. The number of urea groups is 1. The fraction of sp³-hybridized carbons (Fsp3) is 0.333. The van der Waals surface area contributed by atoms with Crippen LogP contribution in [0.4, 0.5) is 10.6 Å². The van der Waals surface area contributed by atoms with Crippen LogP contribution in [-0.4, -0.2) is 17.2 Å². The Morgan fingerprint density at radius 2 is 1.83 bits per heavy atom. The summed E-state index contributed by atoms with van der Waals surface area (Å²) >= 11 is 0. The Labute approximate surface area is 137 Å². The molecule has 2 rings (SSSR count). The molecule has 2 N–H and O–H groups in total. The van der Waals surface area contributed by atoms with E-state index in [2.05, 4.69) is 29.5 Å². The summed E-state index contributed by atoms with van der Waals surface area (Å²) in [6, 6.07) is 11.2. The van der Waals surface area contributed by atoms with Crippen molar-refractivity contribution in [3.05, 3.63) is 53.7 Å². The number of hydrogen-bond acceptors (Lipinski definition) is 3. The molecule has 0 aliphatic carbocycles. The van der Waals surface area contributed by atoms with Crippen LogP contribution in [0.15, 0.2) is 42.6 Å². The summed E-state index contributed by atoms with van der Waals surface area (Å²) in [5.74, 6) is 1.74. The van der Waals surface area contributed by atoms with Gasteiger partial charge in [0.1, 0.15) is 11.6 Å². The number of hydrogen-bond donors (Lipinski definition) is 2. The fourth-order valence-corrected chi connectivity index (χ4v) is 2.11. The molecule has 2 aromatic rings. The highest BCUT2D eigenvalue weighted by molar-refractivity contribution is 5.88. The molecule has 0 fully saturated rings. The maximum Gasteiger partial charge on any atom is 0.323 e. The SMILES string of the molecule is Cc1cccnc1NC(=O)NC(C)Oc1ccc(C(C)C)cc1. The highest BCUT2D eigenvalue weighted by atomic mass is 16.5. The molecule has 5 heteroatoms. The second kappa shape index (κ2) is 7.63. The molecular formula is C18H23N3O2. The average molecular weight is 313 g/mol. The zero-order chi connectivity index (χ0) is 16.8. The lowest BCUT2D eigenvalue weighted by Gasteiger charge is -2.17. The lowest BCUT2D eigenvalue weighted by molar-refractivity contribution is 0.183. The number of benzene rings is 1. The summed E-state index contributed by atoms with van der Waals surface area (Å²) in [7, 11) is 0. The molecule has 0 spiro atoms. The van der Waals surface area contributed by atoms with Gasteiger partial charge in [-0.2, -0.15) is 0 Å². The third kappa shape index (κ3) is 4.98. The Kier molecular flexibility index (Phi) is 5.57. The topological polar surface area (TPSA) is 63.2 Å². The zero-order valence-electron chi connectivity index (χ0n) is 14.0. The molecule has 0 aliphatic rings. The van der Waals surface area contributed by atoms with Crippen LogP contribution in [-0.2, 0) is 0 Å². The number of aryl methyl sites for hydroxylation is 1. The van der Waals surface area contributed by atoms with Crippen molar-refractivity contribution < 1.29 is 9.53 Å². The van der Waals surface area contributed by atoms with Crippen LogP contribution in [0.5, 0.6) is 5.75 Å². The third-order valence-electron chi connectivity index (χ3n) is 3.44. The van der Waals surface area contributed by atoms with Gasteiger partial charge in [0.25, 0.3) is 0 Å². The standard InChI is InChI=1S/C18H23N3O2/c1-12(2)15-7-9-16(10-8-15)23-14(4)20-18(22)21-17-13(3)6-5-11-19-17/h5-12,14H,1-4H3,(H2,19,20,21,22). The summed E-state index contributed by atoms with van der Waals surface area (Å²) in [5, 5.41) is 5.44. The van der Waals surface area contributed by atoms with Gasteiger partial charge in [0.2, 0.25) is 0 Å². The Bertz CT molecular complexity index is 654. The number of nitrogens with one attached hydrogen (secondary N) is 2. The minimum Gasteiger partial charge on any atom is -0.471 e. The van der Waals surface area contributed by atoms with Crippen molar-refractivity contribution in [2.24, 2.45) is 0 Å². The number of nitrogens with zero attached hydrogens (tertiary/aromatic N) is 1. The molecule has 5 nitrogen and oxygen atoms in total. The van der Waals surface area contributed by atoms with Gasteiger partial charge in [0, 0.05) is 6.20 Å². The van der Waals surface area contributed by atoms with Crippen molar-refractivity contribution in [1.82, 2.24) is 10.3 Å². The quantitative estimate of drug-likeness (QED) is 0.818. The second-order valence-electron chi connectivity index (χ2n) is 5.75. The van der Waals surface area contributed by atoms with Gasteiger partial charge in [-0.1, -0.05) is 32.0 Å². The van der Waals surface area contributed by atoms with E-state index in [0.717, 1.165) is 11.3 Å². The third-order valence-corrected chi connectivity index (χ3v) is 3.44. The van der Waals surface area contributed by atoms with Gasteiger partial charge in [-0.3, -0.25) is 5.32 Å². The van der Waals surface area contributed by atoms with E-state index in [1.165, 1.54) is 5.56 Å². The number of pyridine rings is 1. The minimum absolute atomic E-state index is 0.349. The van der Waals surface area contributed by atoms with Gasteiger partial charge in [-0.25, -0.2) is 9.78 Å². The molecule has 0 radical (unpaired) electrons. The molecule has 1 aromatic carbocycles. The number of rotatable bonds is 5. The minimum atomic E-state index is -0.455. The molecule has 0 bridgehead atoms. The van der Waals surface area contributed by atoms with E-state index >= 15 is 0 Å². The van der Waals surface area contributed by atoms with Crippen molar-refractivity contribution >= 4 is 11.8 Å². The van der Waals surface area contributed by atoms with Crippen LogP contribution in [0.1, 0.15) is 37.8 Å². The predicted octanol–water partition coefficient (Wildman–Crippen LogP) is 4.06. The molecular weight excluding hydrogens is 290 g/mol. The van der Waals surface area contributed by atoms with Gasteiger partial charge in [0.05, 0.1) is 0 Å². The Balaban J connectivity index is 1.87. The van der Waals surface area contributed by atoms with Crippen LogP contribution in [0, 0.1) is 6.92 Å². The first-order chi connectivity index (χ1) is 11.0. The van der Waals surface area contributed by atoms with E-state index in [-0.39, 0.29) is 6.03 Å². The number of anilines is 1. The number of amides is 2. The van der Waals surface area contributed by atoms with E-state index in [9.17, 15) is 4.79 Å². The molecule has 23 heavy (non-hydrogen) atoms. The summed E-state index contributed by atoms with van der Waals surface area (Å²) in [6.07, 6.45) is 1.18. The van der Waals surface area contributed by atoms with Gasteiger partial charge in [-0.05, 0) is 49.1 Å². The van der Waals surface area contributed by atoms with Gasteiger partial charge < -0.3 is 10.1 Å². The van der Waals surface area contributed by atoms with Gasteiger partial charge in [-0.15, -0.1) is 0 Å². The van der Waals surface area contributed by atoms with E-state index in [1.54, 1.807) is 13.1 Å². The van der Waals surface area contributed by atoms with E-state index in [1.807, 2.05) is 43.3 Å². The molecule has 122 valence electrons. The van der Waals surface area contributed by atoms with Crippen molar-refractivity contribution in [3.63, 3.8) is 0 Å². The van der Waals surface area contributed by atoms with Crippen LogP contribution in [0.25, 0.3) is 0 Å². The molecule has 1 unspecified atom stereocenters. The monoisotopic (exact) mass is 313 g/mol. The van der Waals surface area contributed by atoms with E-state index in [0.29, 0.717) is 11.7 Å². The molecule has 1 heterocycles. The number of carbonyl (C=O) groups excluding carboxylic acids is 1. The highest BCUT2D eigenvalue weighted by Crippen LogP contribution is 2.19. The second-order valence-corrected chi connectivity index (χ2v) is 5.75. The van der Waals surface area contributed by atoms with E-state index in [4.69, 9.17) is 4.74 Å². The lowest BCUT2D eigenvalue weighted by Crippen LogP contribution is -2.39. The first-order valence-electron chi connectivity index (χ1n) is 7.71. The summed E-state index contributed by atoms with van der Waals surface area (Å²) in [6.45, 7) is 7.95. The van der Waals surface area contributed by atoms with Crippen molar-refractivity contribution in [2.45, 2.75) is 39.8 Å².